The molecule has 1 aromatic carbocycles. The zero-order valence-corrected chi connectivity index (χ0v) is 13.8. The van der Waals surface area contributed by atoms with Gasteiger partial charge in [-0.05, 0) is 30.3 Å². The number of furan rings is 1. The van der Waals surface area contributed by atoms with Crippen LogP contribution in [0, 0.1) is 0 Å². The molecule has 4 aromatic rings. The molecule has 0 radical (unpaired) electrons. The predicted molar refractivity (Wildman–Crippen MR) is 95.8 cm³/mol. The smallest absolute Gasteiger partial charge is 0.280 e. The molecule has 0 unspecified atom stereocenters. The number of rotatable bonds is 2. The molecule has 128 valence electrons. The number of aromatic amines is 1. The van der Waals surface area contributed by atoms with Gasteiger partial charge in [0.2, 0.25) is 0 Å². The summed E-state index contributed by atoms with van der Waals surface area (Å²) in [5.74, 6) is 0.771. The Morgan fingerprint density at radius 1 is 1.08 bits per heavy atom. The van der Waals surface area contributed by atoms with Crippen LogP contribution in [0.5, 0.6) is 0 Å². The summed E-state index contributed by atoms with van der Waals surface area (Å²) >= 11 is 0. The summed E-state index contributed by atoms with van der Waals surface area (Å²) in [6, 6.07) is 14.7. The first kappa shape index (κ1) is 14.9. The number of pyridine rings is 1. The second kappa shape index (κ2) is 5.56. The molecule has 0 saturated heterocycles. The van der Waals surface area contributed by atoms with Crippen LogP contribution < -0.4 is 5.56 Å². The fraction of sp³-hybridized carbons (Fsp3) is 0.150. The molecule has 1 N–H and O–H groups in total. The van der Waals surface area contributed by atoms with Crippen molar-refractivity contribution in [1.82, 2.24) is 14.8 Å². The van der Waals surface area contributed by atoms with Crippen molar-refractivity contribution < 1.29 is 9.21 Å². The molecule has 3 heterocycles. The summed E-state index contributed by atoms with van der Waals surface area (Å²) in [6.07, 6.45) is 2.59. The lowest BCUT2D eigenvalue weighted by molar-refractivity contribution is 0.0959. The summed E-state index contributed by atoms with van der Waals surface area (Å²) in [6.45, 7) is 0. The van der Waals surface area contributed by atoms with Gasteiger partial charge in [-0.25, -0.2) is 9.67 Å². The number of hydrogen-bond donors (Lipinski definition) is 1. The number of benzene rings is 1. The minimum absolute atomic E-state index is 0.00564. The van der Waals surface area contributed by atoms with Gasteiger partial charge in [-0.15, -0.1) is 0 Å². The number of nitrogens with zero attached hydrogens (tertiary/aromatic N) is 2. The Balaban J connectivity index is 1.65. The molecule has 3 aromatic heterocycles. The molecule has 0 saturated carbocycles. The number of ketones is 1. The topological polar surface area (TPSA) is 80.9 Å². The number of hydrogen-bond acceptors (Lipinski definition) is 4. The van der Waals surface area contributed by atoms with E-state index in [0.717, 1.165) is 11.4 Å². The zero-order valence-electron chi connectivity index (χ0n) is 13.8. The van der Waals surface area contributed by atoms with Crippen molar-refractivity contribution in [2.75, 3.05) is 0 Å². The number of carbonyl (C=O) groups excluding carboxylic acids is 1. The second-order valence-electron chi connectivity index (χ2n) is 6.51. The van der Waals surface area contributed by atoms with Gasteiger partial charge in [-0.1, -0.05) is 18.2 Å². The monoisotopic (exact) mass is 345 g/mol. The van der Waals surface area contributed by atoms with E-state index in [2.05, 4.69) is 10.1 Å². The zero-order chi connectivity index (χ0) is 17.7. The second-order valence-corrected chi connectivity index (χ2v) is 6.51. The van der Waals surface area contributed by atoms with E-state index >= 15 is 0 Å². The highest BCUT2D eigenvalue weighted by Crippen LogP contribution is 2.33. The van der Waals surface area contributed by atoms with Gasteiger partial charge in [0.25, 0.3) is 5.56 Å². The largest absolute Gasteiger partial charge is 0.469 e. The average Bonchev–Trinajstić information content (AvgIpc) is 3.30. The summed E-state index contributed by atoms with van der Waals surface area (Å²) in [5.41, 5.74) is 2.26. The van der Waals surface area contributed by atoms with Crippen LogP contribution >= 0.6 is 0 Å². The van der Waals surface area contributed by atoms with Crippen LogP contribution in [-0.4, -0.2) is 20.5 Å². The average molecular weight is 345 g/mol. The number of carbonyl (C=O) groups is 1. The van der Waals surface area contributed by atoms with Crippen LogP contribution in [0.15, 0.2) is 64.0 Å². The van der Waals surface area contributed by atoms with Crippen molar-refractivity contribution in [2.45, 2.75) is 18.8 Å². The molecule has 1 aliphatic rings. The van der Waals surface area contributed by atoms with Crippen LogP contribution in [0.2, 0.25) is 0 Å². The molecule has 6 nitrogen and oxygen atoms in total. The van der Waals surface area contributed by atoms with Gasteiger partial charge in [0, 0.05) is 24.3 Å². The highest BCUT2D eigenvalue weighted by atomic mass is 16.3. The molecular weight excluding hydrogens is 330 g/mol. The molecule has 0 amide bonds. The van der Waals surface area contributed by atoms with Gasteiger partial charge in [0.15, 0.2) is 11.4 Å². The Kier molecular flexibility index (Phi) is 3.18. The maximum absolute atomic E-state index is 12.7. The first-order valence-electron chi connectivity index (χ1n) is 8.47. The van der Waals surface area contributed by atoms with Gasteiger partial charge < -0.3 is 4.42 Å². The third-order valence-corrected chi connectivity index (χ3v) is 4.88. The van der Waals surface area contributed by atoms with Crippen LogP contribution in [0.3, 0.4) is 0 Å². The fourth-order valence-corrected chi connectivity index (χ4v) is 3.60. The first-order valence-corrected chi connectivity index (χ1v) is 8.47. The maximum Gasteiger partial charge on any atom is 0.280 e. The number of aromatic nitrogens is 3. The summed E-state index contributed by atoms with van der Waals surface area (Å²) in [5, 5.41) is 3.48. The number of para-hydroxylation sites is 1. The lowest BCUT2D eigenvalue weighted by Crippen LogP contribution is -2.20. The summed E-state index contributed by atoms with van der Waals surface area (Å²) < 4.78 is 6.92. The van der Waals surface area contributed by atoms with Crippen molar-refractivity contribution in [1.29, 1.82) is 0 Å². The minimum atomic E-state index is -0.206. The Morgan fingerprint density at radius 3 is 2.69 bits per heavy atom. The highest BCUT2D eigenvalue weighted by molar-refractivity contribution is 6.01. The van der Waals surface area contributed by atoms with E-state index in [1.807, 2.05) is 42.5 Å². The summed E-state index contributed by atoms with van der Waals surface area (Å²) in [7, 11) is 0. The molecule has 1 aliphatic carbocycles. The lowest BCUT2D eigenvalue weighted by atomic mass is 9.84. The number of nitrogens with one attached hydrogen (secondary N) is 1. The normalized spacial score (nSPS) is 16.8. The van der Waals surface area contributed by atoms with Crippen LogP contribution in [0.4, 0.5) is 0 Å². The van der Waals surface area contributed by atoms with Gasteiger partial charge in [-0.3, -0.25) is 14.7 Å². The predicted octanol–water partition coefficient (Wildman–Crippen LogP) is 3.22. The number of Topliss-reactive ketones (excluding diaryl/α,β-unsaturated/α-hetero) is 1. The molecule has 1 atom stereocenters. The van der Waals surface area contributed by atoms with Crippen molar-refractivity contribution in [3.8, 4) is 5.69 Å². The van der Waals surface area contributed by atoms with Crippen molar-refractivity contribution in [3.05, 3.63) is 82.2 Å². The molecule has 6 heteroatoms. The van der Waals surface area contributed by atoms with E-state index in [1.54, 1.807) is 12.3 Å². The number of fused-ring (bicyclic) bond motifs is 2. The Morgan fingerprint density at radius 2 is 1.92 bits per heavy atom. The molecule has 5 rings (SSSR count). The number of H-pyrrole nitrogens is 1. The molecule has 0 aliphatic heterocycles. The van der Waals surface area contributed by atoms with Crippen LogP contribution in [0.1, 0.15) is 34.2 Å². The Hall–Kier alpha value is -3.41. The van der Waals surface area contributed by atoms with Crippen LogP contribution in [0.25, 0.3) is 16.7 Å². The standard InChI is InChI=1S/C20H15N3O3/c24-17-10-12(18-7-4-8-26-18)9-16-14(17)11-15-19(21-16)22-23(20(15)25)13-5-2-1-3-6-13/h1-8,11-12H,9-10H2,(H,21,22)/t12-/m1/s1. The summed E-state index contributed by atoms with van der Waals surface area (Å²) in [4.78, 5) is 30.0. The van der Waals surface area contributed by atoms with Crippen molar-refractivity contribution >= 4 is 16.8 Å². The molecule has 0 fully saturated rings. The Bertz CT molecular complexity index is 1170. The maximum atomic E-state index is 12.7. The molecular formula is C20H15N3O3. The minimum Gasteiger partial charge on any atom is -0.469 e. The quantitative estimate of drug-likeness (QED) is 0.605. The van der Waals surface area contributed by atoms with E-state index in [0.29, 0.717) is 35.1 Å². The van der Waals surface area contributed by atoms with Crippen molar-refractivity contribution in [3.63, 3.8) is 0 Å². The third kappa shape index (κ3) is 2.23. The lowest BCUT2D eigenvalue weighted by Gasteiger charge is -2.21. The van der Waals surface area contributed by atoms with E-state index in [1.165, 1.54) is 4.68 Å². The SMILES string of the molecule is O=C1C[C@H](c2ccco2)Cc2nc3[nH]n(-c4ccccc4)c(=O)c3cc21. The molecule has 0 spiro atoms. The third-order valence-electron chi connectivity index (χ3n) is 4.88. The highest BCUT2D eigenvalue weighted by Gasteiger charge is 2.30. The first-order chi connectivity index (χ1) is 12.7. The van der Waals surface area contributed by atoms with Gasteiger partial charge in [0.1, 0.15) is 5.76 Å². The van der Waals surface area contributed by atoms with Crippen molar-refractivity contribution in [2.24, 2.45) is 0 Å². The van der Waals surface area contributed by atoms with E-state index in [9.17, 15) is 9.59 Å². The Labute approximate surface area is 148 Å². The molecule has 0 bridgehead atoms. The van der Waals surface area contributed by atoms with E-state index in [-0.39, 0.29) is 17.3 Å². The van der Waals surface area contributed by atoms with Crippen LogP contribution in [-0.2, 0) is 6.42 Å². The molecule has 26 heavy (non-hydrogen) atoms. The van der Waals surface area contributed by atoms with E-state index in [4.69, 9.17) is 4.42 Å². The van der Waals surface area contributed by atoms with E-state index < -0.39 is 0 Å². The van der Waals surface area contributed by atoms with Gasteiger partial charge >= 0.3 is 0 Å². The fourth-order valence-electron chi connectivity index (χ4n) is 3.60. The van der Waals surface area contributed by atoms with Gasteiger partial charge in [-0.2, -0.15) is 0 Å². The van der Waals surface area contributed by atoms with Gasteiger partial charge in [0.05, 0.1) is 23.0 Å².